The molecule has 1 aromatic rings. The highest BCUT2D eigenvalue weighted by atomic mass is 16.5. The Balaban J connectivity index is 1.77. The van der Waals surface area contributed by atoms with E-state index in [1.54, 1.807) is 12.1 Å². The quantitative estimate of drug-likeness (QED) is 0.797. The Hall–Kier alpha value is -2.08. The highest BCUT2D eigenvalue weighted by Gasteiger charge is 2.29. The van der Waals surface area contributed by atoms with Crippen molar-refractivity contribution in [3.05, 3.63) is 29.8 Å². The topological polar surface area (TPSA) is 84.9 Å². The van der Waals surface area contributed by atoms with E-state index in [1.807, 2.05) is 19.1 Å². The third kappa shape index (κ3) is 5.56. The lowest BCUT2D eigenvalue weighted by atomic mass is 9.86. The minimum Gasteiger partial charge on any atom is -0.484 e. The lowest BCUT2D eigenvalue weighted by molar-refractivity contribution is -0.145. The summed E-state index contributed by atoms with van der Waals surface area (Å²) in [5.41, 5.74) is 1.11. The van der Waals surface area contributed by atoms with E-state index in [0.29, 0.717) is 31.8 Å². The second kappa shape index (κ2) is 8.53. The second-order valence-electron chi connectivity index (χ2n) is 5.80. The fraction of sp³-hybridized carbons (Fsp3) is 0.529. The average molecular weight is 321 g/mol. The zero-order chi connectivity index (χ0) is 16.7. The van der Waals surface area contributed by atoms with Gasteiger partial charge in [0.1, 0.15) is 5.75 Å². The van der Waals surface area contributed by atoms with Gasteiger partial charge in [0, 0.05) is 19.8 Å². The Morgan fingerprint density at radius 2 is 1.96 bits per heavy atom. The van der Waals surface area contributed by atoms with Gasteiger partial charge in [-0.2, -0.15) is 0 Å². The number of ether oxygens (including phenoxy) is 2. The van der Waals surface area contributed by atoms with Crippen molar-refractivity contribution >= 4 is 11.9 Å². The van der Waals surface area contributed by atoms with Gasteiger partial charge >= 0.3 is 5.97 Å². The molecule has 0 aromatic heterocycles. The van der Waals surface area contributed by atoms with Gasteiger partial charge in [0.05, 0.1) is 5.92 Å². The van der Waals surface area contributed by atoms with E-state index in [0.717, 1.165) is 5.56 Å². The van der Waals surface area contributed by atoms with Crippen molar-refractivity contribution in [1.82, 2.24) is 5.32 Å². The number of amides is 1. The fourth-order valence-corrected chi connectivity index (χ4v) is 2.63. The number of carboxylic acid groups (broad SMARTS) is 1. The molecule has 23 heavy (non-hydrogen) atoms. The third-order valence-corrected chi connectivity index (χ3v) is 4.06. The molecular weight excluding hydrogens is 298 g/mol. The third-order valence-electron chi connectivity index (χ3n) is 4.06. The first-order valence-corrected chi connectivity index (χ1v) is 7.83. The fourth-order valence-electron chi connectivity index (χ4n) is 2.63. The SMILES string of the molecule is Cc1ccc(OCC(=O)NCC(C(=O)O)C2CCOCC2)cc1. The molecule has 0 aliphatic carbocycles. The van der Waals surface area contributed by atoms with E-state index in [9.17, 15) is 14.7 Å². The number of benzene rings is 1. The van der Waals surface area contributed by atoms with Crippen LogP contribution in [0, 0.1) is 18.8 Å². The molecule has 1 aliphatic heterocycles. The van der Waals surface area contributed by atoms with E-state index in [4.69, 9.17) is 9.47 Å². The molecule has 0 bridgehead atoms. The summed E-state index contributed by atoms with van der Waals surface area (Å²) in [6.45, 7) is 3.13. The summed E-state index contributed by atoms with van der Waals surface area (Å²) in [5, 5.41) is 12.0. The Bertz CT molecular complexity index is 522. The second-order valence-corrected chi connectivity index (χ2v) is 5.80. The molecular formula is C17H23NO5. The minimum absolute atomic E-state index is 0.0413. The smallest absolute Gasteiger partial charge is 0.308 e. The van der Waals surface area contributed by atoms with Crippen LogP contribution in [0.2, 0.25) is 0 Å². The van der Waals surface area contributed by atoms with E-state index >= 15 is 0 Å². The standard InChI is InChI=1S/C17H23NO5/c1-12-2-4-14(5-3-12)23-11-16(19)18-10-15(17(20)21)13-6-8-22-9-7-13/h2-5,13,15H,6-11H2,1H3,(H,18,19)(H,20,21). The summed E-state index contributed by atoms with van der Waals surface area (Å²) >= 11 is 0. The van der Waals surface area contributed by atoms with E-state index < -0.39 is 11.9 Å². The number of carbonyl (C=O) groups excluding carboxylic acids is 1. The molecule has 1 aromatic carbocycles. The van der Waals surface area contributed by atoms with Crippen molar-refractivity contribution in [3.8, 4) is 5.75 Å². The summed E-state index contributed by atoms with van der Waals surface area (Å²) in [6.07, 6.45) is 1.43. The van der Waals surface area contributed by atoms with Crippen molar-refractivity contribution in [2.45, 2.75) is 19.8 Å². The largest absolute Gasteiger partial charge is 0.484 e. The van der Waals surface area contributed by atoms with Crippen LogP contribution in [0.25, 0.3) is 0 Å². The number of carbonyl (C=O) groups is 2. The summed E-state index contributed by atoms with van der Waals surface area (Å²) in [6, 6.07) is 7.40. The maximum atomic E-state index is 11.8. The van der Waals surface area contributed by atoms with Crippen LogP contribution in [0.1, 0.15) is 18.4 Å². The van der Waals surface area contributed by atoms with Crippen LogP contribution in [0.4, 0.5) is 0 Å². The zero-order valence-electron chi connectivity index (χ0n) is 13.3. The Kier molecular flexibility index (Phi) is 6.40. The maximum absolute atomic E-state index is 11.8. The van der Waals surface area contributed by atoms with Gasteiger partial charge in [-0.1, -0.05) is 17.7 Å². The molecule has 6 heteroatoms. The predicted octanol–water partition coefficient (Wildman–Crippen LogP) is 1.62. The number of hydrogen-bond acceptors (Lipinski definition) is 4. The van der Waals surface area contributed by atoms with Crippen LogP contribution in [-0.2, 0) is 14.3 Å². The highest BCUT2D eigenvalue weighted by molar-refractivity contribution is 5.78. The molecule has 1 aliphatic rings. The molecule has 1 fully saturated rings. The van der Waals surface area contributed by atoms with Crippen molar-refractivity contribution in [1.29, 1.82) is 0 Å². The number of aliphatic carboxylic acids is 1. The molecule has 6 nitrogen and oxygen atoms in total. The van der Waals surface area contributed by atoms with E-state index in [1.165, 1.54) is 0 Å². The van der Waals surface area contributed by atoms with Crippen LogP contribution in [-0.4, -0.2) is 43.3 Å². The van der Waals surface area contributed by atoms with Gasteiger partial charge < -0.3 is 19.9 Å². The van der Waals surface area contributed by atoms with Crippen molar-refractivity contribution in [2.24, 2.45) is 11.8 Å². The number of carboxylic acids is 1. The molecule has 1 atom stereocenters. The Morgan fingerprint density at radius 1 is 1.30 bits per heavy atom. The lowest BCUT2D eigenvalue weighted by Crippen LogP contribution is -2.40. The van der Waals surface area contributed by atoms with Crippen molar-refractivity contribution in [3.63, 3.8) is 0 Å². The van der Waals surface area contributed by atoms with Crippen LogP contribution < -0.4 is 10.1 Å². The molecule has 1 amide bonds. The monoisotopic (exact) mass is 321 g/mol. The number of nitrogens with one attached hydrogen (secondary N) is 1. The Morgan fingerprint density at radius 3 is 2.57 bits per heavy atom. The van der Waals surface area contributed by atoms with Crippen LogP contribution in [0.15, 0.2) is 24.3 Å². The van der Waals surface area contributed by atoms with Gasteiger partial charge in [-0.05, 0) is 37.8 Å². The maximum Gasteiger partial charge on any atom is 0.308 e. The predicted molar refractivity (Wildman–Crippen MR) is 84.4 cm³/mol. The van der Waals surface area contributed by atoms with Crippen LogP contribution in [0.5, 0.6) is 5.75 Å². The van der Waals surface area contributed by atoms with Crippen LogP contribution >= 0.6 is 0 Å². The number of hydrogen-bond donors (Lipinski definition) is 2. The van der Waals surface area contributed by atoms with Gasteiger partial charge in [0.15, 0.2) is 6.61 Å². The number of aryl methyl sites for hydroxylation is 1. The van der Waals surface area contributed by atoms with Crippen molar-refractivity contribution < 1.29 is 24.2 Å². The molecule has 2 rings (SSSR count). The highest BCUT2D eigenvalue weighted by Crippen LogP contribution is 2.23. The van der Waals surface area contributed by atoms with Crippen molar-refractivity contribution in [2.75, 3.05) is 26.4 Å². The average Bonchev–Trinajstić information content (AvgIpc) is 2.55. The van der Waals surface area contributed by atoms with Crippen LogP contribution in [0.3, 0.4) is 0 Å². The van der Waals surface area contributed by atoms with E-state index in [2.05, 4.69) is 5.32 Å². The van der Waals surface area contributed by atoms with Gasteiger partial charge in [0.25, 0.3) is 5.91 Å². The minimum atomic E-state index is -0.878. The number of rotatable bonds is 7. The van der Waals surface area contributed by atoms with Gasteiger partial charge in [0.2, 0.25) is 0 Å². The summed E-state index contributed by atoms with van der Waals surface area (Å²) in [7, 11) is 0. The molecule has 1 unspecified atom stereocenters. The van der Waals surface area contributed by atoms with Gasteiger partial charge in [-0.25, -0.2) is 0 Å². The molecule has 0 radical (unpaired) electrons. The first-order valence-electron chi connectivity index (χ1n) is 7.83. The summed E-state index contributed by atoms with van der Waals surface area (Å²) in [4.78, 5) is 23.2. The molecule has 126 valence electrons. The molecule has 0 saturated carbocycles. The Labute approximate surface area is 135 Å². The lowest BCUT2D eigenvalue weighted by Gasteiger charge is -2.27. The molecule has 2 N–H and O–H groups in total. The van der Waals surface area contributed by atoms with Gasteiger partial charge in [-0.15, -0.1) is 0 Å². The summed E-state index contributed by atoms with van der Waals surface area (Å²) < 4.78 is 10.6. The molecule has 1 heterocycles. The van der Waals surface area contributed by atoms with Gasteiger partial charge in [-0.3, -0.25) is 9.59 Å². The zero-order valence-corrected chi connectivity index (χ0v) is 13.3. The first-order chi connectivity index (χ1) is 11.1. The normalized spacial score (nSPS) is 16.6. The summed E-state index contributed by atoms with van der Waals surface area (Å²) in [5.74, 6) is -1.12. The first kappa shape index (κ1) is 17.3. The molecule has 0 spiro atoms. The molecule has 1 saturated heterocycles. The van der Waals surface area contributed by atoms with E-state index in [-0.39, 0.29) is 25.0 Å².